The Morgan fingerprint density at radius 3 is 2.67 bits per heavy atom. The Hall–Kier alpha value is -0.770. The van der Waals surface area contributed by atoms with Gasteiger partial charge >= 0.3 is 0 Å². The second kappa shape index (κ2) is 7.62. The molecule has 0 fully saturated rings. The summed E-state index contributed by atoms with van der Waals surface area (Å²) in [4.78, 5) is 11.6. The lowest BCUT2D eigenvalue weighted by Gasteiger charge is -2.15. The van der Waals surface area contributed by atoms with E-state index in [9.17, 15) is 4.79 Å². The maximum absolute atomic E-state index is 11.6. The first kappa shape index (κ1) is 15.3. The molecule has 0 spiro atoms. The number of carbonyl (C=O) groups is 1. The zero-order valence-electron chi connectivity index (χ0n) is 10.2. The van der Waals surface area contributed by atoms with Gasteiger partial charge in [0.15, 0.2) is 0 Å². The Morgan fingerprint density at radius 1 is 1.33 bits per heavy atom. The molecule has 100 valence electrons. The number of aliphatic hydroxyl groups excluding tert-OH is 1. The second-order valence-corrected chi connectivity index (χ2v) is 4.96. The van der Waals surface area contributed by atoms with Gasteiger partial charge in [0, 0.05) is 13.0 Å². The normalized spacial score (nSPS) is 12.2. The van der Waals surface area contributed by atoms with Gasteiger partial charge < -0.3 is 10.4 Å². The number of carbonyl (C=O) groups excluding carboxylic acids is 1. The minimum atomic E-state index is -0.110. The molecule has 1 aromatic carbocycles. The van der Waals surface area contributed by atoms with E-state index < -0.39 is 0 Å². The number of unbranched alkanes of at least 4 members (excludes halogenated alkanes) is 1. The van der Waals surface area contributed by atoms with Gasteiger partial charge in [0.25, 0.3) is 0 Å². The molecule has 0 aliphatic heterocycles. The van der Waals surface area contributed by atoms with Crippen molar-refractivity contribution >= 4 is 29.1 Å². The van der Waals surface area contributed by atoms with Crippen LogP contribution in [0.5, 0.6) is 0 Å². The lowest BCUT2D eigenvalue weighted by Crippen LogP contribution is -2.26. The summed E-state index contributed by atoms with van der Waals surface area (Å²) < 4.78 is 0. The first-order chi connectivity index (χ1) is 8.54. The first-order valence-corrected chi connectivity index (χ1v) is 6.65. The molecule has 1 unspecified atom stereocenters. The van der Waals surface area contributed by atoms with Crippen LogP contribution in [-0.4, -0.2) is 17.6 Å². The predicted molar refractivity (Wildman–Crippen MR) is 74.0 cm³/mol. The van der Waals surface area contributed by atoms with Crippen LogP contribution < -0.4 is 5.32 Å². The highest BCUT2D eigenvalue weighted by molar-refractivity contribution is 6.42. The Morgan fingerprint density at radius 2 is 2.06 bits per heavy atom. The number of rotatable bonds is 6. The average molecular weight is 290 g/mol. The molecule has 0 aromatic heterocycles. The molecule has 1 rings (SSSR count). The van der Waals surface area contributed by atoms with E-state index in [1.807, 2.05) is 13.0 Å². The summed E-state index contributed by atoms with van der Waals surface area (Å²) in [7, 11) is 0. The van der Waals surface area contributed by atoms with Crippen LogP contribution in [-0.2, 0) is 4.79 Å². The summed E-state index contributed by atoms with van der Waals surface area (Å²) in [5.41, 5.74) is 0.917. The van der Waals surface area contributed by atoms with Gasteiger partial charge in [-0.15, -0.1) is 0 Å². The summed E-state index contributed by atoms with van der Waals surface area (Å²) >= 11 is 11.8. The smallest absolute Gasteiger partial charge is 0.220 e. The largest absolute Gasteiger partial charge is 0.396 e. The zero-order chi connectivity index (χ0) is 13.5. The number of hydrogen-bond acceptors (Lipinski definition) is 2. The minimum absolute atomic E-state index is 0.0259. The number of amides is 1. The summed E-state index contributed by atoms with van der Waals surface area (Å²) in [6.07, 6.45) is 1.76. The molecule has 0 saturated heterocycles. The summed E-state index contributed by atoms with van der Waals surface area (Å²) in [5.74, 6) is -0.0259. The summed E-state index contributed by atoms with van der Waals surface area (Å²) in [6.45, 7) is 2.01. The van der Waals surface area contributed by atoms with Gasteiger partial charge in [0.05, 0.1) is 16.1 Å². The Labute approximate surface area is 117 Å². The van der Waals surface area contributed by atoms with Gasteiger partial charge in [-0.3, -0.25) is 4.79 Å². The Bertz CT molecular complexity index is 410. The van der Waals surface area contributed by atoms with Crippen LogP contribution >= 0.6 is 23.2 Å². The molecule has 0 radical (unpaired) electrons. The van der Waals surface area contributed by atoms with E-state index in [1.165, 1.54) is 0 Å². The van der Waals surface area contributed by atoms with E-state index in [2.05, 4.69) is 5.32 Å². The molecule has 0 saturated carbocycles. The van der Waals surface area contributed by atoms with Crippen LogP contribution in [0.4, 0.5) is 0 Å². The molecule has 3 nitrogen and oxygen atoms in total. The molecular weight excluding hydrogens is 273 g/mol. The van der Waals surface area contributed by atoms with Crippen molar-refractivity contribution in [3.8, 4) is 0 Å². The van der Waals surface area contributed by atoms with Crippen molar-refractivity contribution in [3.05, 3.63) is 33.8 Å². The topological polar surface area (TPSA) is 49.3 Å². The predicted octanol–water partition coefficient (Wildman–Crippen LogP) is 3.33. The molecule has 0 bridgehead atoms. The summed E-state index contributed by atoms with van der Waals surface area (Å²) in [6, 6.07) is 5.20. The lowest BCUT2D eigenvalue weighted by molar-refractivity contribution is -0.121. The minimum Gasteiger partial charge on any atom is -0.396 e. The lowest BCUT2D eigenvalue weighted by atomic mass is 10.1. The van der Waals surface area contributed by atoms with Crippen molar-refractivity contribution in [2.45, 2.75) is 32.2 Å². The number of hydrogen-bond donors (Lipinski definition) is 2. The van der Waals surface area contributed by atoms with E-state index in [0.717, 1.165) is 5.56 Å². The van der Waals surface area contributed by atoms with Crippen LogP contribution in [0.3, 0.4) is 0 Å². The third-order valence-corrected chi connectivity index (χ3v) is 3.37. The van der Waals surface area contributed by atoms with Gasteiger partial charge in [-0.2, -0.15) is 0 Å². The van der Waals surface area contributed by atoms with Crippen molar-refractivity contribution in [1.29, 1.82) is 0 Å². The maximum atomic E-state index is 11.6. The fraction of sp³-hybridized carbons (Fsp3) is 0.462. The van der Waals surface area contributed by atoms with Crippen LogP contribution in [0.1, 0.15) is 37.8 Å². The third kappa shape index (κ3) is 4.84. The number of aliphatic hydroxyl groups is 1. The van der Waals surface area contributed by atoms with Crippen molar-refractivity contribution in [3.63, 3.8) is 0 Å². The van der Waals surface area contributed by atoms with E-state index >= 15 is 0 Å². The van der Waals surface area contributed by atoms with E-state index in [0.29, 0.717) is 29.3 Å². The molecule has 0 aliphatic rings. The monoisotopic (exact) mass is 289 g/mol. The fourth-order valence-corrected chi connectivity index (χ4v) is 1.88. The third-order valence-electron chi connectivity index (χ3n) is 2.63. The molecular formula is C13H17Cl2NO2. The van der Waals surface area contributed by atoms with Crippen molar-refractivity contribution < 1.29 is 9.90 Å². The number of benzene rings is 1. The van der Waals surface area contributed by atoms with E-state index in [4.69, 9.17) is 28.3 Å². The highest BCUT2D eigenvalue weighted by Gasteiger charge is 2.10. The Kier molecular flexibility index (Phi) is 6.47. The molecule has 1 aromatic rings. The van der Waals surface area contributed by atoms with E-state index in [1.54, 1.807) is 12.1 Å². The number of halogens is 2. The molecule has 1 amide bonds. The highest BCUT2D eigenvalue weighted by Crippen LogP contribution is 2.25. The van der Waals surface area contributed by atoms with Gasteiger partial charge in [0.1, 0.15) is 0 Å². The van der Waals surface area contributed by atoms with E-state index in [-0.39, 0.29) is 18.6 Å². The first-order valence-electron chi connectivity index (χ1n) is 5.89. The number of nitrogens with one attached hydrogen (secondary N) is 1. The van der Waals surface area contributed by atoms with Crippen LogP contribution in [0.2, 0.25) is 10.0 Å². The van der Waals surface area contributed by atoms with Gasteiger partial charge in [-0.25, -0.2) is 0 Å². The average Bonchev–Trinajstić information content (AvgIpc) is 2.33. The molecule has 2 N–H and O–H groups in total. The summed E-state index contributed by atoms with van der Waals surface area (Å²) in [5, 5.41) is 12.5. The van der Waals surface area contributed by atoms with Crippen LogP contribution in [0, 0.1) is 0 Å². The molecule has 0 aliphatic carbocycles. The van der Waals surface area contributed by atoms with Crippen molar-refractivity contribution in [2.75, 3.05) is 6.61 Å². The van der Waals surface area contributed by atoms with Gasteiger partial charge in [0.2, 0.25) is 5.91 Å². The molecule has 0 heterocycles. The molecule has 18 heavy (non-hydrogen) atoms. The molecule has 5 heteroatoms. The SMILES string of the molecule is CC(NC(=O)CCCCO)c1ccc(Cl)c(Cl)c1. The van der Waals surface area contributed by atoms with Gasteiger partial charge in [-0.1, -0.05) is 29.3 Å². The van der Waals surface area contributed by atoms with Crippen molar-refractivity contribution in [1.82, 2.24) is 5.32 Å². The standard InChI is InChI=1S/C13H17Cl2NO2/c1-9(16-13(18)4-2-3-7-17)10-5-6-11(14)12(15)8-10/h5-6,8-9,17H,2-4,7H2,1H3,(H,16,18). The van der Waals surface area contributed by atoms with Crippen molar-refractivity contribution in [2.24, 2.45) is 0 Å². The fourth-order valence-electron chi connectivity index (χ4n) is 1.58. The van der Waals surface area contributed by atoms with Gasteiger partial charge in [-0.05, 0) is 37.5 Å². The zero-order valence-corrected chi connectivity index (χ0v) is 11.8. The maximum Gasteiger partial charge on any atom is 0.220 e. The highest BCUT2D eigenvalue weighted by atomic mass is 35.5. The Balaban J connectivity index is 2.51. The molecule has 1 atom stereocenters. The van der Waals surface area contributed by atoms with Crippen LogP contribution in [0.15, 0.2) is 18.2 Å². The quantitative estimate of drug-likeness (QED) is 0.789. The second-order valence-electron chi connectivity index (χ2n) is 4.14. The van der Waals surface area contributed by atoms with Crippen LogP contribution in [0.25, 0.3) is 0 Å².